The van der Waals surface area contributed by atoms with Crippen LogP contribution in [0, 0.1) is 6.92 Å². The van der Waals surface area contributed by atoms with E-state index in [9.17, 15) is 0 Å². The Bertz CT molecular complexity index is 1210. The molecule has 30 heavy (non-hydrogen) atoms. The number of halogens is 1. The van der Waals surface area contributed by atoms with Crippen molar-refractivity contribution in [3.63, 3.8) is 0 Å². The lowest BCUT2D eigenvalue weighted by atomic mass is 10.2. The molecule has 2 aromatic heterocycles. The topological polar surface area (TPSA) is 65.7 Å². The van der Waals surface area contributed by atoms with Crippen molar-refractivity contribution in [2.45, 2.75) is 43.3 Å². The molecule has 5 rings (SSSR count). The van der Waals surface area contributed by atoms with Crippen molar-refractivity contribution in [3.05, 3.63) is 70.8 Å². The summed E-state index contributed by atoms with van der Waals surface area (Å²) in [6.07, 6.45) is 2.28. The van der Waals surface area contributed by atoms with Crippen molar-refractivity contribution in [1.82, 2.24) is 24.7 Å². The predicted molar refractivity (Wildman–Crippen MR) is 118 cm³/mol. The van der Waals surface area contributed by atoms with E-state index in [1.807, 2.05) is 55.5 Å². The second-order valence-electron chi connectivity index (χ2n) is 7.25. The minimum Gasteiger partial charge on any atom is -0.484 e. The molecule has 0 N–H and O–H groups in total. The molecule has 4 aromatic rings. The molecule has 2 aromatic carbocycles. The van der Waals surface area contributed by atoms with E-state index < -0.39 is 0 Å². The van der Waals surface area contributed by atoms with Gasteiger partial charge in [-0.25, -0.2) is 9.97 Å². The Morgan fingerprint density at radius 2 is 1.77 bits per heavy atom. The first-order valence-corrected chi connectivity index (χ1v) is 11.2. The van der Waals surface area contributed by atoms with Gasteiger partial charge in [0.25, 0.3) is 0 Å². The van der Waals surface area contributed by atoms with E-state index in [1.165, 1.54) is 0 Å². The zero-order chi connectivity index (χ0) is 20.5. The molecule has 6 nitrogen and oxygen atoms in total. The van der Waals surface area contributed by atoms with E-state index >= 15 is 0 Å². The third-order valence-electron chi connectivity index (χ3n) is 5.02. The molecule has 8 heteroatoms. The summed E-state index contributed by atoms with van der Waals surface area (Å²) in [5.74, 6) is 2.17. The van der Waals surface area contributed by atoms with Gasteiger partial charge in [-0.1, -0.05) is 47.6 Å². The fourth-order valence-electron chi connectivity index (χ4n) is 3.30. The van der Waals surface area contributed by atoms with E-state index in [0.717, 1.165) is 46.2 Å². The molecule has 1 aliphatic rings. The van der Waals surface area contributed by atoms with Gasteiger partial charge in [0, 0.05) is 11.8 Å². The zero-order valence-corrected chi connectivity index (χ0v) is 18.0. The highest BCUT2D eigenvalue weighted by Gasteiger charge is 2.30. The lowest BCUT2D eigenvalue weighted by Crippen LogP contribution is -2.07. The molecule has 0 spiro atoms. The highest BCUT2D eigenvalue weighted by molar-refractivity contribution is 7.98. The highest BCUT2D eigenvalue weighted by atomic mass is 35.5. The lowest BCUT2D eigenvalue weighted by Gasteiger charge is -2.11. The summed E-state index contributed by atoms with van der Waals surface area (Å²) in [6, 6.07) is 15.8. The van der Waals surface area contributed by atoms with Crippen LogP contribution in [0.3, 0.4) is 0 Å². The van der Waals surface area contributed by atoms with Gasteiger partial charge in [-0.2, -0.15) is 0 Å². The number of hydrogen-bond donors (Lipinski definition) is 0. The van der Waals surface area contributed by atoms with Crippen LogP contribution in [0.2, 0.25) is 5.02 Å². The summed E-state index contributed by atoms with van der Waals surface area (Å²) in [7, 11) is 0. The molecule has 1 fully saturated rings. The fourth-order valence-corrected chi connectivity index (χ4v) is 4.52. The number of benzene rings is 2. The molecule has 0 amide bonds. The van der Waals surface area contributed by atoms with Crippen LogP contribution in [-0.4, -0.2) is 24.7 Å². The SMILES string of the molecule is Cc1nc2ccccc2nc1CSc1nnc(COc2ccccc2Cl)n1C1CC1. The molecule has 0 radical (unpaired) electrons. The van der Waals surface area contributed by atoms with Crippen molar-refractivity contribution in [1.29, 1.82) is 0 Å². The third kappa shape index (κ3) is 4.00. The summed E-state index contributed by atoms with van der Waals surface area (Å²) in [5.41, 5.74) is 3.75. The number of aromatic nitrogens is 5. The van der Waals surface area contributed by atoms with Gasteiger partial charge in [0.1, 0.15) is 12.4 Å². The maximum atomic E-state index is 6.20. The Balaban J connectivity index is 1.34. The van der Waals surface area contributed by atoms with Crippen molar-refractivity contribution in [2.75, 3.05) is 0 Å². The molecule has 0 unspecified atom stereocenters. The second kappa shape index (κ2) is 8.24. The van der Waals surface area contributed by atoms with Crippen LogP contribution in [0.15, 0.2) is 53.7 Å². The second-order valence-corrected chi connectivity index (χ2v) is 8.60. The van der Waals surface area contributed by atoms with Gasteiger partial charge < -0.3 is 4.74 Å². The van der Waals surface area contributed by atoms with Crippen molar-refractivity contribution >= 4 is 34.4 Å². The number of nitrogens with zero attached hydrogens (tertiary/aromatic N) is 5. The van der Waals surface area contributed by atoms with E-state index in [1.54, 1.807) is 11.8 Å². The van der Waals surface area contributed by atoms with Gasteiger partial charge >= 0.3 is 0 Å². The van der Waals surface area contributed by atoms with Gasteiger partial charge in [-0.3, -0.25) is 4.57 Å². The van der Waals surface area contributed by atoms with Crippen LogP contribution in [0.25, 0.3) is 11.0 Å². The number of hydrogen-bond acceptors (Lipinski definition) is 6. The first-order valence-electron chi connectivity index (χ1n) is 9.85. The number of rotatable bonds is 7. The Morgan fingerprint density at radius 1 is 1.03 bits per heavy atom. The standard InChI is InChI=1S/C22H20ClN5OS/c1-14-19(25-18-8-4-3-7-17(18)24-14)13-30-22-27-26-21(28(22)15-10-11-15)12-29-20-9-5-2-6-16(20)23/h2-9,15H,10-13H2,1H3. The van der Waals surface area contributed by atoms with Crippen LogP contribution >= 0.6 is 23.4 Å². The summed E-state index contributed by atoms with van der Waals surface area (Å²) < 4.78 is 8.10. The van der Waals surface area contributed by atoms with Crippen LogP contribution < -0.4 is 4.74 Å². The molecule has 0 aliphatic heterocycles. The van der Waals surface area contributed by atoms with Gasteiger partial charge in [-0.15, -0.1) is 10.2 Å². The van der Waals surface area contributed by atoms with Crippen LogP contribution in [0.5, 0.6) is 5.75 Å². The van der Waals surface area contributed by atoms with Gasteiger partial charge in [-0.05, 0) is 44.0 Å². The Hall–Kier alpha value is -2.64. The number of para-hydroxylation sites is 3. The molecular weight excluding hydrogens is 418 g/mol. The van der Waals surface area contributed by atoms with E-state index in [4.69, 9.17) is 21.3 Å². The van der Waals surface area contributed by atoms with Crippen molar-refractivity contribution in [2.24, 2.45) is 0 Å². The van der Waals surface area contributed by atoms with Crippen molar-refractivity contribution in [3.8, 4) is 5.75 Å². The van der Waals surface area contributed by atoms with Gasteiger partial charge in [0.2, 0.25) is 0 Å². The molecule has 1 saturated carbocycles. The Labute approximate surface area is 183 Å². The maximum absolute atomic E-state index is 6.20. The van der Waals surface area contributed by atoms with Crippen LogP contribution in [0.4, 0.5) is 0 Å². The monoisotopic (exact) mass is 437 g/mol. The molecular formula is C22H20ClN5OS. The first kappa shape index (κ1) is 19.3. The largest absolute Gasteiger partial charge is 0.484 e. The summed E-state index contributed by atoms with van der Waals surface area (Å²) in [6.45, 7) is 2.34. The number of thioether (sulfide) groups is 1. The van der Waals surface area contributed by atoms with E-state index in [0.29, 0.717) is 29.2 Å². The third-order valence-corrected chi connectivity index (χ3v) is 6.29. The number of aryl methyl sites for hydroxylation is 1. The first-order chi connectivity index (χ1) is 14.7. The average molecular weight is 438 g/mol. The zero-order valence-electron chi connectivity index (χ0n) is 16.5. The molecule has 1 aliphatic carbocycles. The van der Waals surface area contributed by atoms with Gasteiger partial charge in [0.05, 0.1) is 27.4 Å². The smallest absolute Gasteiger partial charge is 0.191 e. The average Bonchev–Trinajstić information content (AvgIpc) is 3.51. The Morgan fingerprint density at radius 3 is 2.53 bits per heavy atom. The fraction of sp³-hybridized carbons (Fsp3) is 0.273. The Kier molecular flexibility index (Phi) is 5.31. The minimum atomic E-state index is 0.336. The molecule has 0 atom stereocenters. The number of ether oxygens (including phenoxy) is 1. The predicted octanol–water partition coefficient (Wildman–Crippen LogP) is 5.39. The molecule has 0 bridgehead atoms. The molecule has 152 valence electrons. The maximum Gasteiger partial charge on any atom is 0.191 e. The number of fused-ring (bicyclic) bond motifs is 1. The summed E-state index contributed by atoms with van der Waals surface area (Å²) in [5, 5.41) is 10.3. The lowest BCUT2D eigenvalue weighted by molar-refractivity contribution is 0.288. The van der Waals surface area contributed by atoms with E-state index in [2.05, 4.69) is 19.7 Å². The van der Waals surface area contributed by atoms with Crippen molar-refractivity contribution < 1.29 is 4.74 Å². The summed E-state index contributed by atoms with van der Waals surface area (Å²) in [4.78, 5) is 9.48. The van der Waals surface area contributed by atoms with Crippen LogP contribution in [0.1, 0.15) is 36.1 Å². The molecule has 2 heterocycles. The highest BCUT2D eigenvalue weighted by Crippen LogP contribution is 2.39. The summed E-state index contributed by atoms with van der Waals surface area (Å²) >= 11 is 7.84. The minimum absolute atomic E-state index is 0.336. The normalized spacial score (nSPS) is 13.7. The molecule has 0 saturated heterocycles. The van der Waals surface area contributed by atoms with E-state index in [-0.39, 0.29) is 0 Å². The van der Waals surface area contributed by atoms with Gasteiger partial charge in [0.15, 0.2) is 11.0 Å². The van der Waals surface area contributed by atoms with Crippen LogP contribution in [-0.2, 0) is 12.4 Å². The quantitative estimate of drug-likeness (QED) is 0.361.